The third-order valence-electron chi connectivity index (χ3n) is 4.10. The van der Waals surface area contributed by atoms with E-state index in [0.717, 1.165) is 35.6 Å². The molecule has 1 N–H and O–H groups in total. The number of hydrogen-bond acceptors (Lipinski definition) is 5. The van der Waals surface area contributed by atoms with Gasteiger partial charge in [-0.25, -0.2) is 22.7 Å². The molecule has 2 aromatic heterocycles. The van der Waals surface area contributed by atoms with Crippen LogP contribution in [0.5, 0.6) is 0 Å². The molecule has 0 saturated carbocycles. The van der Waals surface area contributed by atoms with E-state index < -0.39 is 10.0 Å². The lowest BCUT2D eigenvalue weighted by atomic mass is 9.95. The lowest BCUT2D eigenvalue weighted by Crippen LogP contribution is -2.38. The molecule has 1 saturated heterocycles. The van der Waals surface area contributed by atoms with Gasteiger partial charge in [0, 0.05) is 30.4 Å². The quantitative estimate of drug-likeness (QED) is 0.920. The van der Waals surface area contributed by atoms with Crippen molar-refractivity contribution in [2.75, 3.05) is 19.3 Å². The summed E-state index contributed by atoms with van der Waals surface area (Å²) >= 11 is 0. The van der Waals surface area contributed by atoms with Crippen LogP contribution in [0.3, 0.4) is 0 Å². The topological polar surface area (TPSA) is 91.8 Å². The highest BCUT2D eigenvalue weighted by Crippen LogP contribution is 2.29. The smallest absolute Gasteiger partial charge is 0.211 e. The highest BCUT2D eigenvalue weighted by atomic mass is 32.2. The van der Waals surface area contributed by atoms with Gasteiger partial charge in [0.2, 0.25) is 10.0 Å². The first-order chi connectivity index (χ1) is 10.8. The monoisotopic (exact) mass is 335 g/mol. The minimum atomic E-state index is -3.16. The molecule has 0 amide bonds. The van der Waals surface area contributed by atoms with E-state index in [1.54, 1.807) is 0 Å². The Labute approximate surface area is 136 Å². The van der Waals surface area contributed by atoms with Crippen LogP contribution >= 0.6 is 0 Å². The molecule has 0 unspecified atom stereocenters. The average molecular weight is 335 g/mol. The van der Waals surface area contributed by atoms with E-state index >= 15 is 0 Å². The van der Waals surface area contributed by atoms with Crippen molar-refractivity contribution >= 4 is 10.0 Å². The molecule has 1 aliphatic rings. The van der Waals surface area contributed by atoms with E-state index in [4.69, 9.17) is 0 Å². The molecule has 0 radical (unpaired) electrons. The summed E-state index contributed by atoms with van der Waals surface area (Å²) in [5, 5.41) is 7.16. The molecule has 3 rings (SSSR count). The van der Waals surface area contributed by atoms with Crippen LogP contribution < -0.4 is 0 Å². The second kappa shape index (κ2) is 6.01. The fourth-order valence-electron chi connectivity index (χ4n) is 2.97. The minimum absolute atomic E-state index is 0.0963. The fraction of sp³-hybridized carbons (Fsp3) is 0.533. The summed E-state index contributed by atoms with van der Waals surface area (Å²) in [5.74, 6) is 0.772. The Bertz CT molecular complexity index is 815. The van der Waals surface area contributed by atoms with Crippen molar-refractivity contribution in [2.45, 2.75) is 32.6 Å². The van der Waals surface area contributed by atoms with Crippen LogP contribution in [0, 0.1) is 13.8 Å². The maximum absolute atomic E-state index is 11.8. The Kier molecular flexibility index (Phi) is 4.20. The summed E-state index contributed by atoms with van der Waals surface area (Å²) in [7, 11) is -3.16. The number of nitrogens with zero attached hydrogens (tertiary/aromatic N) is 4. The van der Waals surface area contributed by atoms with Gasteiger partial charge < -0.3 is 0 Å². The number of aromatic nitrogens is 4. The van der Waals surface area contributed by atoms with Crippen molar-refractivity contribution in [3.63, 3.8) is 0 Å². The SMILES string of the molecule is Cc1nc(-c2cc(C)[nH]n2)cc([C@@H]2CCCN(S(C)(=O)=O)C2)n1. The molecule has 0 spiro atoms. The van der Waals surface area contributed by atoms with Crippen molar-refractivity contribution in [1.29, 1.82) is 0 Å². The molecule has 3 heterocycles. The van der Waals surface area contributed by atoms with Gasteiger partial charge in [0.15, 0.2) is 0 Å². The summed E-state index contributed by atoms with van der Waals surface area (Å²) in [6.45, 7) is 4.86. The van der Waals surface area contributed by atoms with E-state index in [0.29, 0.717) is 18.9 Å². The average Bonchev–Trinajstić information content (AvgIpc) is 2.92. The molecule has 0 aromatic carbocycles. The predicted molar refractivity (Wildman–Crippen MR) is 87.5 cm³/mol. The molecule has 23 heavy (non-hydrogen) atoms. The minimum Gasteiger partial charge on any atom is -0.282 e. The standard InChI is InChI=1S/C15H21N5O2S/c1-10-7-15(19-18-10)14-8-13(16-11(2)17-14)12-5-4-6-20(9-12)23(3,21)22/h7-8,12H,4-6,9H2,1-3H3,(H,18,19)/t12-/m1/s1. The number of sulfonamides is 1. The largest absolute Gasteiger partial charge is 0.282 e. The molecule has 8 heteroatoms. The number of rotatable bonds is 3. The van der Waals surface area contributed by atoms with Gasteiger partial charge in [-0.3, -0.25) is 5.10 Å². The third kappa shape index (κ3) is 3.59. The first-order valence-corrected chi connectivity index (χ1v) is 9.51. The number of aryl methyl sites for hydroxylation is 2. The van der Waals surface area contributed by atoms with Gasteiger partial charge in [0.05, 0.1) is 11.9 Å². The van der Waals surface area contributed by atoms with Crippen molar-refractivity contribution in [3.05, 3.63) is 29.3 Å². The molecule has 1 atom stereocenters. The van der Waals surface area contributed by atoms with Crippen LogP contribution in [0.25, 0.3) is 11.4 Å². The van der Waals surface area contributed by atoms with Crippen LogP contribution in [0.1, 0.15) is 36.0 Å². The molecular weight excluding hydrogens is 314 g/mol. The van der Waals surface area contributed by atoms with Crippen LogP contribution in [0.15, 0.2) is 12.1 Å². The van der Waals surface area contributed by atoms with E-state index in [1.165, 1.54) is 10.6 Å². The first kappa shape index (κ1) is 16.1. The summed E-state index contributed by atoms with van der Waals surface area (Å²) in [6, 6.07) is 3.87. The fourth-order valence-corrected chi connectivity index (χ4v) is 3.88. The maximum atomic E-state index is 11.8. The van der Waals surface area contributed by atoms with E-state index in [1.807, 2.05) is 26.0 Å². The number of hydrogen-bond donors (Lipinski definition) is 1. The van der Waals surface area contributed by atoms with Crippen molar-refractivity contribution in [1.82, 2.24) is 24.5 Å². The van der Waals surface area contributed by atoms with Crippen LogP contribution in [0.4, 0.5) is 0 Å². The Morgan fingerprint density at radius 2 is 2.00 bits per heavy atom. The van der Waals surface area contributed by atoms with Gasteiger partial charge in [-0.1, -0.05) is 0 Å². The summed E-state index contributed by atoms with van der Waals surface area (Å²) < 4.78 is 25.1. The molecular formula is C15H21N5O2S. The van der Waals surface area contributed by atoms with E-state index in [-0.39, 0.29) is 5.92 Å². The molecule has 0 bridgehead atoms. The number of piperidine rings is 1. The van der Waals surface area contributed by atoms with Crippen molar-refractivity contribution < 1.29 is 8.42 Å². The molecule has 0 aliphatic carbocycles. The zero-order chi connectivity index (χ0) is 16.6. The van der Waals surface area contributed by atoms with E-state index in [2.05, 4.69) is 20.2 Å². The number of nitrogens with one attached hydrogen (secondary N) is 1. The van der Waals surface area contributed by atoms with Crippen molar-refractivity contribution in [3.8, 4) is 11.4 Å². The Morgan fingerprint density at radius 1 is 1.22 bits per heavy atom. The summed E-state index contributed by atoms with van der Waals surface area (Å²) in [5.41, 5.74) is 3.42. The van der Waals surface area contributed by atoms with Gasteiger partial charge >= 0.3 is 0 Å². The Hall–Kier alpha value is -1.80. The molecule has 7 nitrogen and oxygen atoms in total. The molecule has 2 aromatic rings. The van der Waals surface area contributed by atoms with Crippen LogP contribution in [-0.2, 0) is 10.0 Å². The number of aromatic amines is 1. The lowest BCUT2D eigenvalue weighted by Gasteiger charge is -2.30. The zero-order valence-corrected chi connectivity index (χ0v) is 14.4. The highest BCUT2D eigenvalue weighted by Gasteiger charge is 2.28. The van der Waals surface area contributed by atoms with Crippen LogP contribution in [0.2, 0.25) is 0 Å². The van der Waals surface area contributed by atoms with Crippen molar-refractivity contribution in [2.24, 2.45) is 0 Å². The lowest BCUT2D eigenvalue weighted by molar-refractivity contribution is 0.314. The highest BCUT2D eigenvalue weighted by molar-refractivity contribution is 7.88. The number of H-pyrrole nitrogens is 1. The maximum Gasteiger partial charge on any atom is 0.211 e. The second-order valence-electron chi connectivity index (χ2n) is 6.12. The summed E-state index contributed by atoms with van der Waals surface area (Å²) in [4.78, 5) is 8.99. The summed E-state index contributed by atoms with van der Waals surface area (Å²) in [6.07, 6.45) is 3.04. The molecule has 1 aliphatic heterocycles. The Morgan fingerprint density at radius 3 is 2.65 bits per heavy atom. The van der Waals surface area contributed by atoms with Gasteiger partial charge in [-0.05, 0) is 38.8 Å². The Balaban J connectivity index is 1.92. The van der Waals surface area contributed by atoms with Gasteiger partial charge in [-0.15, -0.1) is 0 Å². The molecule has 124 valence electrons. The van der Waals surface area contributed by atoms with Gasteiger partial charge in [0.25, 0.3) is 0 Å². The van der Waals surface area contributed by atoms with Gasteiger partial charge in [0.1, 0.15) is 11.5 Å². The zero-order valence-electron chi connectivity index (χ0n) is 13.6. The van der Waals surface area contributed by atoms with E-state index in [9.17, 15) is 8.42 Å². The third-order valence-corrected chi connectivity index (χ3v) is 5.37. The van der Waals surface area contributed by atoms with Crippen LogP contribution in [-0.4, -0.2) is 52.2 Å². The normalized spacial score (nSPS) is 19.9. The molecule has 1 fully saturated rings. The predicted octanol–water partition coefficient (Wildman–Crippen LogP) is 1.62. The second-order valence-corrected chi connectivity index (χ2v) is 8.10. The van der Waals surface area contributed by atoms with Gasteiger partial charge in [-0.2, -0.15) is 5.10 Å². The first-order valence-electron chi connectivity index (χ1n) is 7.66.